The van der Waals surface area contributed by atoms with Crippen molar-refractivity contribution in [3.05, 3.63) is 0 Å². The smallest absolute Gasteiger partial charge is 0.161 e. The van der Waals surface area contributed by atoms with E-state index in [1.807, 2.05) is 13.8 Å². The standard InChI is InChI=1S/C10H20O2/c1-7(2)5-6-9(11)10(12)8(3)4/h7-8,10,12H,5-6H2,1-4H3. The van der Waals surface area contributed by atoms with Crippen molar-refractivity contribution in [3.63, 3.8) is 0 Å². The van der Waals surface area contributed by atoms with Crippen molar-refractivity contribution in [2.45, 2.75) is 46.6 Å². The number of hydrogen-bond acceptors (Lipinski definition) is 2. The Kier molecular flexibility index (Phi) is 5.14. The maximum Gasteiger partial charge on any atom is 0.161 e. The number of aliphatic hydroxyl groups excluding tert-OH is 1. The van der Waals surface area contributed by atoms with Gasteiger partial charge >= 0.3 is 0 Å². The van der Waals surface area contributed by atoms with Gasteiger partial charge in [0.15, 0.2) is 5.78 Å². The fourth-order valence-electron chi connectivity index (χ4n) is 0.951. The molecule has 12 heavy (non-hydrogen) atoms. The summed E-state index contributed by atoms with van der Waals surface area (Å²) in [6, 6.07) is 0. The highest BCUT2D eigenvalue weighted by Crippen LogP contribution is 2.09. The van der Waals surface area contributed by atoms with Crippen LogP contribution in [0, 0.1) is 11.8 Å². The van der Waals surface area contributed by atoms with E-state index in [0.717, 1.165) is 6.42 Å². The van der Waals surface area contributed by atoms with E-state index in [1.165, 1.54) is 0 Å². The minimum Gasteiger partial charge on any atom is -0.385 e. The van der Waals surface area contributed by atoms with Crippen LogP contribution in [0.25, 0.3) is 0 Å². The fraction of sp³-hybridized carbons (Fsp3) is 0.900. The zero-order valence-corrected chi connectivity index (χ0v) is 8.50. The number of aliphatic hydroxyl groups is 1. The van der Waals surface area contributed by atoms with Crippen LogP contribution in [0.15, 0.2) is 0 Å². The molecule has 0 aromatic carbocycles. The van der Waals surface area contributed by atoms with E-state index in [0.29, 0.717) is 12.3 Å². The van der Waals surface area contributed by atoms with Crippen LogP contribution < -0.4 is 0 Å². The van der Waals surface area contributed by atoms with E-state index in [2.05, 4.69) is 13.8 Å². The topological polar surface area (TPSA) is 37.3 Å². The number of rotatable bonds is 5. The summed E-state index contributed by atoms with van der Waals surface area (Å²) in [6.07, 6.45) is 0.628. The number of hydrogen-bond donors (Lipinski definition) is 1. The molecule has 0 rings (SSSR count). The molecule has 0 bridgehead atoms. The van der Waals surface area contributed by atoms with Gasteiger partial charge in [-0.25, -0.2) is 0 Å². The first-order chi connectivity index (χ1) is 5.45. The molecule has 0 fully saturated rings. The third-order valence-electron chi connectivity index (χ3n) is 1.93. The molecule has 2 heteroatoms. The lowest BCUT2D eigenvalue weighted by molar-refractivity contribution is -0.129. The molecule has 0 saturated carbocycles. The molecule has 1 unspecified atom stereocenters. The lowest BCUT2D eigenvalue weighted by Crippen LogP contribution is -2.26. The van der Waals surface area contributed by atoms with Gasteiger partial charge in [0, 0.05) is 6.42 Å². The van der Waals surface area contributed by atoms with Crippen LogP contribution in [0.2, 0.25) is 0 Å². The third-order valence-corrected chi connectivity index (χ3v) is 1.93. The van der Waals surface area contributed by atoms with Crippen LogP contribution in [0.4, 0.5) is 0 Å². The molecular formula is C10H20O2. The van der Waals surface area contributed by atoms with Crippen molar-refractivity contribution in [1.29, 1.82) is 0 Å². The SMILES string of the molecule is CC(C)CCC(=O)C(O)C(C)C. The first kappa shape index (κ1) is 11.6. The van der Waals surface area contributed by atoms with Crippen molar-refractivity contribution in [3.8, 4) is 0 Å². The molecule has 0 aromatic heterocycles. The van der Waals surface area contributed by atoms with Crippen LogP contribution in [0.5, 0.6) is 0 Å². The normalized spacial score (nSPS) is 13.9. The average Bonchev–Trinajstić information content (AvgIpc) is 1.98. The molecule has 0 spiro atoms. The van der Waals surface area contributed by atoms with Gasteiger partial charge in [-0.2, -0.15) is 0 Å². The summed E-state index contributed by atoms with van der Waals surface area (Å²) >= 11 is 0. The van der Waals surface area contributed by atoms with E-state index in [9.17, 15) is 9.90 Å². The Morgan fingerprint density at radius 2 is 1.75 bits per heavy atom. The largest absolute Gasteiger partial charge is 0.385 e. The summed E-state index contributed by atoms with van der Waals surface area (Å²) in [5.74, 6) is 0.566. The Labute approximate surface area is 75.0 Å². The van der Waals surface area contributed by atoms with Gasteiger partial charge in [-0.15, -0.1) is 0 Å². The Balaban J connectivity index is 3.72. The number of ketones is 1. The Morgan fingerprint density at radius 1 is 1.25 bits per heavy atom. The molecule has 0 heterocycles. The van der Waals surface area contributed by atoms with Crippen molar-refractivity contribution < 1.29 is 9.90 Å². The molecule has 72 valence electrons. The lowest BCUT2D eigenvalue weighted by atomic mass is 9.97. The van der Waals surface area contributed by atoms with Crippen LogP contribution >= 0.6 is 0 Å². The van der Waals surface area contributed by atoms with Gasteiger partial charge in [0.1, 0.15) is 6.10 Å². The van der Waals surface area contributed by atoms with Crippen molar-refractivity contribution in [2.75, 3.05) is 0 Å². The minimum atomic E-state index is -0.760. The number of Topliss-reactive ketones (excluding diaryl/α,β-unsaturated/α-hetero) is 1. The molecule has 0 aliphatic heterocycles. The fourth-order valence-corrected chi connectivity index (χ4v) is 0.951. The first-order valence-corrected chi connectivity index (χ1v) is 4.66. The molecule has 2 nitrogen and oxygen atoms in total. The second-order valence-electron chi connectivity index (χ2n) is 4.09. The summed E-state index contributed by atoms with van der Waals surface area (Å²) in [5, 5.41) is 9.36. The number of carbonyl (C=O) groups is 1. The highest BCUT2D eigenvalue weighted by atomic mass is 16.3. The maximum atomic E-state index is 11.2. The zero-order chi connectivity index (χ0) is 9.72. The second kappa shape index (κ2) is 5.31. The van der Waals surface area contributed by atoms with Crippen LogP contribution in [0.1, 0.15) is 40.5 Å². The Bertz CT molecular complexity index is 139. The van der Waals surface area contributed by atoms with Gasteiger partial charge in [-0.3, -0.25) is 4.79 Å². The van der Waals surface area contributed by atoms with Gasteiger partial charge in [-0.1, -0.05) is 27.7 Å². The molecule has 0 aromatic rings. The first-order valence-electron chi connectivity index (χ1n) is 4.66. The monoisotopic (exact) mass is 172 g/mol. The van der Waals surface area contributed by atoms with E-state index in [-0.39, 0.29) is 11.7 Å². The molecule has 0 saturated heterocycles. The van der Waals surface area contributed by atoms with Gasteiger partial charge in [-0.05, 0) is 18.3 Å². The summed E-state index contributed by atoms with van der Waals surface area (Å²) in [5.41, 5.74) is 0. The van der Waals surface area contributed by atoms with E-state index >= 15 is 0 Å². The van der Waals surface area contributed by atoms with Gasteiger partial charge in [0.2, 0.25) is 0 Å². The zero-order valence-electron chi connectivity index (χ0n) is 8.50. The summed E-state index contributed by atoms with van der Waals surface area (Å²) in [6.45, 7) is 7.87. The molecule has 1 N–H and O–H groups in total. The Hall–Kier alpha value is -0.370. The van der Waals surface area contributed by atoms with Gasteiger partial charge in [0.05, 0.1) is 0 Å². The summed E-state index contributed by atoms with van der Waals surface area (Å²) in [7, 11) is 0. The predicted octanol–water partition coefficient (Wildman–Crippen LogP) is 2.01. The van der Waals surface area contributed by atoms with Gasteiger partial charge in [0.25, 0.3) is 0 Å². The quantitative estimate of drug-likeness (QED) is 0.688. The second-order valence-corrected chi connectivity index (χ2v) is 4.09. The third kappa shape index (κ3) is 4.50. The van der Waals surface area contributed by atoms with E-state index in [4.69, 9.17) is 0 Å². The predicted molar refractivity (Wildman–Crippen MR) is 49.9 cm³/mol. The summed E-state index contributed by atoms with van der Waals surface area (Å²) < 4.78 is 0. The molecule has 0 radical (unpaired) electrons. The van der Waals surface area contributed by atoms with Crippen molar-refractivity contribution in [1.82, 2.24) is 0 Å². The molecular weight excluding hydrogens is 152 g/mol. The molecule has 1 atom stereocenters. The van der Waals surface area contributed by atoms with E-state index < -0.39 is 6.10 Å². The van der Waals surface area contributed by atoms with Gasteiger partial charge < -0.3 is 5.11 Å². The van der Waals surface area contributed by atoms with Crippen molar-refractivity contribution in [2.24, 2.45) is 11.8 Å². The molecule has 0 aliphatic carbocycles. The molecule has 0 aliphatic rings. The molecule has 0 amide bonds. The highest BCUT2D eigenvalue weighted by Gasteiger charge is 2.18. The van der Waals surface area contributed by atoms with E-state index in [1.54, 1.807) is 0 Å². The van der Waals surface area contributed by atoms with Crippen LogP contribution in [-0.4, -0.2) is 17.0 Å². The van der Waals surface area contributed by atoms with Crippen LogP contribution in [-0.2, 0) is 4.79 Å². The van der Waals surface area contributed by atoms with Crippen LogP contribution in [0.3, 0.4) is 0 Å². The summed E-state index contributed by atoms with van der Waals surface area (Å²) in [4.78, 5) is 11.2. The Morgan fingerprint density at radius 3 is 2.08 bits per heavy atom. The van der Waals surface area contributed by atoms with Crippen molar-refractivity contribution >= 4 is 5.78 Å². The maximum absolute atomic E-state index is 11.2. The highest BCUT2D eigenvalue weighted by molar-refractivity contribution is 5.82. The lowest BCUT2D eigenvalue weighted by Gasteiger charge is -2.13. The average molecular weight is 172 g/mol. The minimum absolute atomic E-state index is 0.0151. The number of carbonyl (C=O) groups excluding carboxylic acids is 1.